The molecule has 5 aromatic carbocycles. The van der Waals surface area contributed by atoms with Gasteiger partial charge in [-0.2, -0.15) is 0 Å². The molecule has 0 radical (unpaired) electrons. The Morgan fingerprint density at radius 3 is 1.20 bits per heavy atom. The highest BCUT2D eigenvalue weighted by Crippen LogP contribution is 2.51. The molecule has 2 heterocycles. The highest BCUT2D eigenvalue weighted by molar-refractivity contribution is 7.99. The normalized spacial score (nSPS) is 12.4. The van der Waals surface area contributed by atoms with E-state index in [4.69, 9.17) is 15.0 Å². The van der Waals surface area contributed by atoms with Gasteiger partial charge in [0, 0.05) is 32.2 Å². The highest BCUT2D eigenvalue weighted by Gasteiger charge is 2.24. The molecule has 0 N–H and O–H groups in total. The number of hydrogen-bond acceptors (Lipinski definition) is 5. The molecule has 0 unspecified atom stereocenters. The standard InChI is InChI=1S/C39H34N4S/c1-25(2)27-13-17-29(18-14-27)37-40-38(30-19-15-28(16-20-30)26(3)4)42-39(41-37)31-21-23-32(24-22-31)43-33-9-5-7-11-35(33)44-36-12-8-6-10-34(36)43/h5-26H,1-4H3. The van der Waals surface area contributed by atoms with E-state index in [2.05, 4.69) is 154 Å². The molecule has 0 spiro atoms. The number of aromatic nitrogens is 3. The zero-order chi connectivity index (χ0) is 30.2. The fraction of sp³-hybridized carbons (Fsp3) is 0.154. The van der Waals surface area contributed by atoms with Crippen LogP contribution in [-0.4, -0.2) is 15.0 Å². The third kappa shape index (κ3) is 5.40. The number of para-hydroxylation sites is 2. The fourth-order valence-corrected chi connectivity index (χ4v) is 6.60. The van der Waals surface area contributed by atoms with E-state index in [0.29, 0.717) is 29.3 Å². The Morgan fingerprint density at radius 2 is 0.818 bits per heavy atom. The Bertz CT molecular complexity index is 1810. The Hall–Kier alpha value is -4.74. The van der Waals surface area contributed by atoms with Crippen molar-refractivity contribution in [2.75, 3.05) is 4.90 Å². The second kappa shape index (κ2) is 11.7. The molecule has 4 nitrogen and oxygen atoms in total. The van der Waals surface area contributed by atoms with Gasteiger partial charge in [-0.05, 0) is 71.5 Å². The first-order chi connectivity index (χ1) is 21.4. The predicted molar refractivity (Wildman–Crippen MR) is 183 cm³/mol. The van der Waals surface area contributed by atoms with Crippen LogP contribution in [0.5, 0.6) is 0 Å². The molecule has 1 aliphatic heterocycles. The summed E-state index contributed by atoms with van der Waals surface area (Å²) in [5, 5.41) is 0. The summed E-state index contributed by atoms with van der Waals surface area (Å²) in [4.78, 5) is 19.8. The van der Waals surface area contributed by atoms with Crippen molar-refractivity contribution in [1.29, 1.82) is 0 Å². The number of hydrogen-bond donors (Lipinski definition) is 0. The summed E-state index contributed by atoms with van der Waals surface area (Å²) < 4.78 is 0. The van der Waals surface area contributed by atoms with Gasteiger partial charge in [-0.1, -0.05) is 112 Å². The molecule has 216 valence electrons. The third-order valence-electron chi connectivity index (χ3n) is 8.12. The number of benzene rings is 5. The van der Waals surface area contributed by atoms with Crippen molar-refractivity contribution in [3.8, 4) is 34.2 Å². The number of fused-ring (bicyclic) bond motifs is 2. The molecule has 44 heavy (non-hydrogen) atoms. The van der Waals surface area contributed by atoms with Crippen LogP contribution in [0.25, 0.3) is 34.2 Å². The zero-order valence-corrected chi connectivity index (χ0v) is 26.2. The van der Waals surface area contributed by atoms with Crippen molar-refractivity contribution in [2.45, 2.75) is 49.3 Å². The van der Waals surface area contributed by atoms with Crippen LogP contribution in [0.2, 0.25) is 0 Å². The monoisotopic (exact) mass is 590 g/mol. The van der Waals surface area contributed by atoms with E-state index >= 15 is 0 Å². The van der Waals surface area contributed by atoms with Gasteiger partial charge in [0.2, 0.25) is 0 Å². The predicted octanol–water partition coefficient (Wildman–Crippen LogP) is 11.1. The molecule has 5 heteroatoms. The summed E-state index contributed by atoms with van der Waals surface area (Å²) in [7, 11) is 0. The summed E-state index contributed by atoms with van der Waals surface area (Å²) in [5.74, 6) is 2.93. The minimum atomic E-state index is 0.462. The molecule has 6 aromatic rings. The summed E-state index contributed by atoms with van der Waals surface area (Å²) in [5.41, 5.74) is 8.96. The first kappa shape index (κ1) is 28.1. The minimum Gasteiger partial charge on any atom is -0.308 e. The van der Waals surface area contributed by atoms with E-state index < -0.39 is 0 Å². The van der Waals surface area contributed by atoms with Gasteiger partial charge >= 0.3 is 0 Å². The van der Waals surface area contributed by atoms with Gasteiger partial charge in [0.25, 0.3) is 0 Å². The molecule has 1 aromatic heterocycles. The van der Waals surface area contributed by atoms with Gasteiger partial charge in [-0.25, -0.2) is 15.0 Å². The average molecular weight is 591 g/mol. The van der Waals surface area contributed by atoms with E-state index in [-0.39, 0.29) is 0 Å². The number of rotatable bonds is 6. The molecule has 0 bridgehead atoms. The van der Waals surface area contributed by atoms with Crippen LogP contribution in [0.3, 0.4) is 0 Å². The molecule has 0 amide bonds. The SMILES string of the molecule is CC(C)c1ccc(-c2nc(-c3ccc(C(C)C)cc3)nc(-c3ccc(N4c5ccccc5Sc5ccccc54)cc3)n2)cc1. The molecule has 0 aliphatic carbocycles. The van der Waals surface area contributed by atoms with E-state index in [1.54, 1.807) is 0 Å². The quantitative estimate of drug-likeness (QED) is 0.193. The van der Waals surface area contributed by atoms with Crippen LogP contribution in [-0.2, 0) is 0 Å². The zero-order valence-electron chi connectivity index (χ0n) is 25.4. The topological polar surface area (TPSA) is 41.9 Å². The Balaban J connectivity index is 1.30. The van der Waals surface area contributed by atoms with Gasteiger partial charge in [-0.15, -0.1) is 0 Å². The molecular formula is C39H34N4S. The lowest BCUT2D eigenvalue weighted by atomic mass is 10.0. The third-order valence-corrected chi connectivity index (χ3v) is 9.25. The lowest BCUT2D eigenvalue weighted by Gasteiger charge is -2.32. The molecule has 0 saturated heterocycles. The minimum absolute atomic E-state index is 0.462. The van der Waals surface area contributed by atoms with Crippen molar-refractivity contribution >= 4 is 28.8 Å². The summed E-state index contributed by atoms with van der Waals surface area (Å²) in [6, 6.07) is 42.9. The molecule has 1 aliphatic rings. The Kier molecular flexibility index (Phi) is 7.49. The first-order valence-corrected chi connectivity index (χ1v) is 16.0. The van der Waals surface area contributed by atoms with Gasteiger partial charge in [0.1, 0.15) is 0 Å². The molecule has 0 saturated carbocycles. The van der Waals surface area contributed by atoms with E-state index in [9.17, 15) is 0 Å². The fourth-order valence-electron chi connectivity index (χ4n) is 5.54. The van der Waals surface area contributed by atoms with E-state index in [1.165, 1.54) is 32.3 Å². The van der Waals surface area contributed by atoms with Crippen molar-refractivity contribution in [2.24, 2.45) is 0 Å². The van der Waals surface area contributed by atoms with Crippen molar-refractivity contribution in [3.63, 3.8) is 0 Å². The van der Waals surface area contributed by atoms with Crippen LogP contribution in [0.4, 0.5) is 17.1 Å². The molecule has 0 fully saturated rings. The van der Waals surface area contributed by atoms with Crippen LogP contribution in [0.1, 0.15) is 50.7 Å². The lowest BCUT2D eigenvalue weighted by Crippen LogP contribution is -2.14. The lowest BCUT2D eigenvalue weighted by molar-refractivity contribution is 0.866. The summed E-state index contributed by atoms with van der Waals surface area (Å²) in [6.45, 7) is 8.83. The second-order valence-electron chi connectivity index (χ2n) is 11.8. The van der Waals surface area contributed by atoms with Crippen molar-refractivity contribution < 1.29 is 0 Å². The molecule has 7 rings (SSSR count). The van der Waals surface area contributed by atoms with E-state index in [1.807, 2.05) is 11.8 Å². The van der Waals surface area contributed by atoms with Crippen LogP contribution in [0, 0.1) is 0 Å². The van der Waals surface area contributed by atoms with Gasteiger partial charge < -0.3 is 4.90 Å². The summed E-state index contributed by atoms with van der Waals surface area (Å²) >= 11 is 1.82. The maximum Gasteiger partial charge on any atom is 0.164 e. The Labute approximate surface area is 263 Å². The van der Waals surface area contributed by atoms with Crippen LogP contribution in [0.15, 0.2) is 131 Å². The van der Waals surface area contributed by atoms with Crippen LogP contribution >= 0.6 is 11.8 Å². The number of nitrogens with zero attached hydrogens (tertiary/aromatic N) is 4. The average Bonchev–Trinajstić information content (AvgIpc) is 3.07. The summed E-state index contributed by atoms with van der Waals surface area (Å²) in [6.07, 6.45) is 0. The van der Waals surface area contributed by atoms with Crippen molar-refractivity contribution in [1.82, 2.24) is 15.0 Å². The van der Waals surface area contributed by atoms with Crippen molar-refractivity contribution in [3.05, 3.63) is 132 Å². The molecule has 0 atom stereocenters. The molecular weight excluding hydrogens is 557 g/mol. The van der Waals surface area contributed by atoms with Gasteiger partial charge in [0.05, 0.1) is 11.4 Å². The smallest absolute Gasteiger partial charge is 0.164 e. The van der Waals surface area contributed by atoms with Gasteiger partial charge in [-0.3, -0.25) is 0 Å². The maximum absolute atomic E-state index is 4.99. The van der Waals surface area contributed by atoms with Gasteiger partial charge in [0.15, 0.2) is 17.5 Å². The Morgan fingerprint density at radius 1 is 0.455 bits per heavy atom. The highest BCUT2D eigenvalue weighted by atomic mass is 32.2. The van der Waals surface area contributed by atoms with Crippen LogP contribution < -0.4 is 4.90 Å². The maximum atomic E-state index is 4.99. The first-order valence-electron chi connectivity index (χ1n) is 15.2. The van der Waals surface area contributed by atoms with E-state index in [0.717, 1.165) is 22.4 Å². The largest absolute Gasteiger partial charge is 0.308 e. The second-order valence-corrected chi connectivity index (χ2v) is 12.9. The number of anilines is 3.